The number of hydrogen-bond donors (Lipinski definition) is 3. The molecule has 1 heterocycles. The second-order valence-electron chi connectivity index (χ2n) is 7.54. The lowest BCUT2D eigenvalue weighted by Crippen LogP contribution is -2.54. The van der Waals surface area contributed by atoms with Gasteiger partial charge in [-0.1, -0.05) is 18.2 Å². The van der Waals surface area contributed by atoms with Crippen molar-refractivity contribution < 1.29 is 27.9 Å². The minimum Gasteiger partial charge on any atom is -0.480 e. The standard InChI is InChI=1S/C22H23N5O6S/c23-12-16-6-8-17(9-7-16)27-11-10-26(15-21(27)29)14-20(28)24-13-19(22(30)31)25-34(32,33)18-4-2-1-3-5-18/h1-9,19,25H,10-11,13-15H2,(H,24,28)(H,30,31)/t19-/m0/s1. The molecule has 2 aromatic rings. The molecule has 2 aromatic carbocycles. The number of carbonyl (C=O) groups is 3. The van der Waals surface area contributed by atoms with Gasteiger partial charge in [0.25, 0.3) is 0 Å². The maximum atomic E-state index is 12.5. The molecule has 0 saturated carbocycles. The molecule has 1 aliphatic heterocycles. The van der Waals surface area contributed by atoms with Gasteiger partial charge in [0.05, 0.1) is 29.6 Å². The molecule has 3 rings (SSSR count). The van der Waals surface area contributed by atoms with Crippen LogP contribution in [0.2, 0.25) is 0 Å². The zero-order valence-corrected chi connectivity index (χ0v) is 18.9. The van der Waals surface area contributed by atoms with Crippen LogP contribution >= 0.6 is 0 Å². The molecule has 11 nitrogen and oxygen atoms in total. The van der Waals surface area contributed by atoms with Gasteiger partial charge in [0.15, 0.2) is 0 Å². The van der Waals surface area contributed by atoms with Crippen LogP contribution in [0.3, 0.4) is 0 Å². The van der Waals surface area contributed by atoms with Crippen LogP contribution in [0.5, 0.6) is 0 Å². The molecule has 0 aromatic heterocycles. The second kappa shape index (κ2) is 10.9. The van der Waals surface area contributed by atoms with Crippen LogP contribution in [-0.2, 0) is 24.4 Å². The van der Waals surface area contributed by atoms with E-state index in [9.17, 15) is 27.9 Å². The first-order valence-corrected chi connectivity index (χ1v) is 11.8. The van der Waals surface area contributed by atoms with E-state index in [2.05, 4.69) is 10.0 Å². The topological polar surface area (TPSA) is 160 Å². The van der Waals surface area contributed by atoms with Crippen molar-refractivity contribution in [1.29, 1.82) is 5.26 Å². The number of rotatable bonds is 9. The van der Waals surface area contributed by atoms with Crippen molar-refractivity contribution in [3.63, 3.8) is 0 Å². The molecule has 178 valence electrons. The zero-order chi connectivity index (χ0) is 24.7. The van der Waals surface area contributed by atoms with Crippen LogP contribution < -0.4 is 14.9 Å². The lowest BCUT2D eigenvalue weighted by molar-refractivity contribution is -0.138. The quantitative estimate of drug-likeness (QED) is 0.438. The first kappa shape index (κ1) is 24.8. The summed E-state index contributed by atoms with van der Waals surface area (Å²) in [4.78, 5) is 39.4. The summed E-state index contributed by atoms with van der Waals surface area (Å²) in [6.07, 6.45) is 0. The average molecular weight is 486 g/mol. The maximum absolute atomic E-state index is 12.5. The number of sulfonamides is 1. The van der Waals surface area contributed by atoms with Gasteiger partial charge in [-0.3, -0.25) is 19.3 Å². The third-order valence-electron chi connectivity index (χ3n) is 5.13. The summed E-state index contributed by atoms with van der Waals surface area (Å²) >= 11 is 0. The lowest BCUT2D eigenvalue weighted by atomic mass is 10.2. The van der Waals surface area contributed by atoms with Gasteiger partial charge in [0, 0.05) is 25.3 Å². The van der Waals surface area contributed by atoms with E-state index in [1.54, 1.807) is 40.1 Å². The Hall–Kier alpha value is -3.79. The summed E-state index contributed by atoms with van der Waals surface area (Å²) in [5.41, 5.74) is 1.14. The predicted octanol–water partition coefficient (Wildman–Crippen LogP) is -0.245. The number of nitrogens with one attached hydrogen (secondary N) is 2. The molecular formula is C22H23N5O6S. The van der Waals surface area contributed by atoms with Gasteiger partial charge in [0.1, 0.15) is 6.04 Å². The summed E-state index contributed by atoms with van der Waals surface area (Å²) < 4.78 is 26.8. The van der Waals surface area contributed by atoms with Gasteiger partial charge in [-0.25, -0.2) is 8.42 Å². The first-order chi connectivity index (χ1) is 16.2. The van der Waals surface area contributed by atoms with Gasteiger partial charge in [-0.2, -0.15) is 9.98 Å². The molecule has 1 fully saturated rings. The fourth-order valence-electron chi connectivity index (χ4n) is 3.36. The number of hydrogen-bond acceptors (Lipinski definition) is 7. The normalized spacial score (nSPS) is 15.4. The van der Waals surface area contributed by atoms with Crippen LogP contribution in [0.25, 0.3) is 0 Å². The Morgan fingerprint density at radius 3 is 2.35 bits per heavy atom. The summed E-state index contributed by atoms with van der Waals surface area (Å²) in [5.74, 6) is -2.20. The first-order valence-electron chi connectivity index (χ1n) is 10.3. The highest BCUT2D eigenvalue weighted by Gasteiger charge is 2.28. The lowest BCUT2D eigenvalue weighted by Gasteiger charge is -2.34. The summed E-state index contributed by atoms with van der Waals surface area (Å²) in [7, 11) is -4.08. The van der Waals surface area contributed by atoms with E-state index < -0.39 is 34.5 Å². The van der Waals surface area contributed by atoms with Crippen molar-refractivity contribution in [2.45, 2.75) is 10.9 Å². The number of nitrogens with zero attached hydrogens (tertiary/aromatic N) is 3. The number of piperazine rings is 1. The average Bonchev–Trinajstić information content (AvgIpc) is 2.82. The van der Waals surface area contributed by atoms with Crippen molar-refractivity contribution in [3.05, 3.63) is 60.2 Å². The maximum Gasteiger partial charge on any atom is 0.323 e. The summed E-state index contributed by atoms with van der Waals surface area (Å²) in [6, 6.07) is 14.3. The third-order valence-corrected chi connectivity index (χ3v) is 6.62. The monoisotopic (exact) mass is 485 g/mol. The fourth-order valence-corrected chi connectivity index (χ4v) is 4.57. The fraction of sp³-hybridized carbons (Fsp3) is 0.273. The Morgan fingerprint density at radius 1 is 1.09 bits per heavy atom. The minimum atomic E-state index is -4.08. The third kappa shape index (κ3) is 6.38. The Kier molecular flexibility index (Phi) is 7.95. The van der Waals surface area contributed by atoms with E-state index in [0.717, 1.165) is 0 Å². The molecule has 1 aliphatic rings. The van der Waals surface area contributed by atoms with E-state index in [-0.39, 0.29) is 23.9 Å². The number of aliphatic carboxylic acids is 1. The highest BCUT2D eigenvalue weighted by atomic mass is 32.2. The second-order valence-corrected chi connectivity index (χ2v) is 9.26. The van der Waals surface area contributed by atoms with Crippen molar-refractivity contribution in [1.82, 2.24) is 14.9 Å². The molecule has 2 amide bonds. The van der Waals surface area contributed by atoms with Gasteiger partial charge < -0.3 is 15.3 Å². The van der Waals surface area contributed by atoms with Gasteiger partial charge in [-0.05, 0) is 36.4 Å². The number of carboxylic acids is 1. The summed E-state index contributed by atoms with van der Waals surface area (Å²) in [5, 5.41) is 20.7. The number of anilines is 1. The van der Waals surface area contributed by atoms with Crippen molar-refractivity contribution >= 4 is 33.5 Å². The molecule has 0 unspecified atom stereocenters. The van der Waals surface area contributed by atoms with Crippen LogP contribution in [0, 0.1) is 11.3 Å². The zero-order valence-electron chi connectivity index (χ0n) is 18.0. The number of carbonyl (C=O) groups excluding carboxylic acids is 2. The number of benzene rings is 2. The van der Waals surface area contributed by atoms with Crippen molar-refractivity contribution in [2.75, 3.05) is 37.6 Å². The Bertz CT molecular complexity index is 1190. The summed E-state index contributed by atoms with van der Waals surface area (Å²) in [6.45, 7) is 0.120. The van der Waals surface area contributed by atoms with E-state index >= 15 is 0 Å². The minimum absolute atomic E-state index is 0.0174. The molecule has 12 heteroatoms. The molecular weight excluding hydrogens is 462 g/mol. The van der Waals surface area contributed by atoms with E-state index in [1.165, 1.54) is 24.3 Å². The van der Waals surface area contributed by atoms with E-state index in [4.69, 9.17) is 5.26 Å². The molecule has 3 N–H and O–H groups in total. The molecule has 1 atom stereocenters. The molecule has 0 spiro atoms. The van der Waals surface area contributed by atoms with Gasteiger partial charge >= 0.3 is 5.97 Å². The Balaban J connectivity index is 1.51. The number of nitriles is 1. The molecule has 0 aliphatic carbocycles. The molecule has 0 radical (unpaired) electrons. The smallest absolute Gasteiger partial charge is 0.323 e. The largest absolute Gasteiger partial charge is 0.480 e. The Labute approximate surface area is 196 Å². The van der Waals surface area contributed by atoms with E-state index in [0.29, 0.717) is 24.3 Å². The van der Waals surface area contributed by atoms with Crippen LogP contribution in [0.4, 0.5) is 5.69 Å². The molecule has 0 bridgehead atoms. The SMILES string of the molecule is N#Cc1ccc(N2CCN(CC(=O)NC[C@H](NS(=O)(=O)c3ccccc3)C(=O)O)CC2=O)cc1. The highest BCUT2D eigenvalue weighted by molar-refractivity contribution is 7.89. The van der Waals surface area contributed by atoms with Crippen LogP contribution in [-0.4, -0.2) is 75.0 Å². The molecule has 34 heavy (non-hydrogen) atoms. The van der Waals surface area contributed by atoms with Crippen LogP contribution in [0.15, 0.2) is 59.5 Å². The number of amides is 2. The van der Waals surface area contributed by atoms with Crippen LogP contribution in [0.1, 0.15) is 5.56 Å². The van der Waals surface area contributed by atoms with Gasteiger partial charge in [0.2, 0.25) is 21.8 Å². The molecule has 1 saturated heterocycles. The highest BCUT2D eigenvalue weighted by Crippen LogP contribution is 2.18. The van der Waals surface area contributed by atoms with Crippen molar-refractivity contribution in [2.24, 2.45) is 0 Å². The predicted molar refractivity (Wildman–Crippen MR) is 121 cm³/mol. The van der Waals surface area contributed by atoms with Crippen molar-refractivity contribution in [3.8, 4) is 6.07 Å². The van der Waals surface area contributed by atoms with Gasteiger partial charge in [-0.15, -0.1) is 0 Å². The Morgan fingerprint density at radius 2 is 1.76 bits per heavy atom. The van der Waals surface area contributed by atoms with E-state index in [1.807, 2.05) is 6.07 Å². The number of carboxylic acid groups (broad SMARTS) is 1.